The zero-order valence-corrected chi connectivity index (χ0v) is 17.9. The summed E-state index contributed by atoms with van der Waals surface area (Å²) in [6, 6.07) is 19.6. The van der Waals surface area contributed by atoms with E-state index < -0.39 is 0 Å². The first-order chi connectivity index (χ1) is 15.5. The molecule has 32 heavy (non-hydrogen) atoms. The Hall–Kier alpha value is -4.13. The fourth-order valence-electron chi connectivity index (χ4n) is 3.16. The van der Waals surface area contributed by atoms with Crippen molar-refractivity contribution in [2.24, 2.45) is 0 Å². The summed E-state index contributed by atoms with van der Waals surface area (Å²) in [5.41, 5.74) is 3.64. The summed E-state index contributed by atoms with van der Waals surface area (Å²) < 4.78 is 12.9. The molecule has 0 aliphatic carbocycles. The monoisotopic (exact) mass is 429 g/mol. The molecular weight excluding hydrogens is 406 g/mol. The number of aryl methyl sites for hydroxylation is 2. The van der Waals surface area contributed by atoms with E-state index in [-0.39, 0.29) is 24.7 Å². The molecule has 0 radical (unpaired) electrons. The SMILES string of the molecule is Cc1ccc(OCC(=O)Nc2ccccc2OCc2cc(=O)n3ccccc3n2)cc1C. The molecule has 162 valence electrons. The Balaban J connectivity index is 1.41. The van der Waals surface area contributed by atoms with Crippen molar-refractivity contribution in [2.45, 2.75) is 20.5 Å². The molecule has 0 fully saturated rings. The van der Waals surface area contributed by atoms with E-state index in [2.05, 4.69) is 10.3 Å². The highest BCUT2D eigenvalue weighted by molar-refractivity contribution is 5.93. The third kappa shape index (κ3) is 4.95. The number of hydrogen-bond donors (Lipinski definition) is 1. The molecule has 2 heterocycles. The molecule has 4 rings (SSSR count). The number of hydrogen-bond acceptors (Lipinski definition) is 5. The molecule has 7 heteroatoms. The van der Waals surface area contributed by atoms with Crippen LogP contribution in [-0.4, -0.2) is 21.9 Å². The van der Waals surface area contributed by atoms with Crippen LogP contribution < -0.4 is 20.3 Å². The normalized spacial score (nSPS) is 10.7. The molecule has 1 N–H and O–H groups in total. The molecule has 0 saturated carbocycles. The number of nitrogens with zero attached hydrogens (tertiary/aromatic N) is 2. The number of ether oxygens (including phenoxy) is 2. The molecule has 2 aromatic heterocycles. The second-order valence-electron chi connectivity index (χ2n) is 7.38. The Kier molecular flexibility index (Phi) is 6.17. The van der Waals surface area contributed by atoms with Crippen molar-refractivity contribution in [3.63, 3.8) is 0 Å². The topological polar surface area (TPSA) is 81.9 Å². The van der Waals surface area contributed by atoms with Crippen LogP contribution in [0.25, 0.3) is 5.65 Å². The van der Waals surface area contributed by atoms with E-state index in [1.54, 1.807) is 42.6 Å². The highest BCUT2D eigenvalue weighted by Gasteiger charge is 2.10. The van der Waals surface area contributed by atoms with E-state index in [0.717, 1.165) is 11.1 Å². The molecule has 0 bridgehead atoms. The van der Waals surface area contributed by atoms with Crippen molar-refractivity contribution in [3.05, 3.63) is 100 Å². The molecule has 0 aliphatic rings. The van der Waals surface area contributed by atoms with Crippen molar-refractivity contribution in [3.8, 4) is 11.5 Å². The van der Waals surface area contributed by atoms with Gasteiger partial charge < -0.3 is 14.8 Å². The van der Waals surface area contributed by atoms with Crippen LogP contribution in [0.3, 0.4) is 0 Å². The quantitative estimate of drug-likeness (QED) is 0.482. The molecular formula is C25H23N3O4. The van der Waals surface area contributed by atoms with Gasteiger partial charge in [0.1, 0.15) is 23.8 Å². The van der Waals surface area contributed by atoms with Crippen molar-refractivity contribution in [1.82, 2.24) is 9.38 Å². The van der Waals surface area contributed by atoms with E-state index >= 15 is 0 Å². The third-order valence-electron chi connectivity index (χ3n) is 5.01. The first-order valence-electron chi connectivity index (χ1n) is 10.2. The highest BCUT2D eigenvalue weighted by Crippen LogP contribution is 2.24. The van der Waals surface area contributed by atoms with Crippen molar-refractivity contribution >= 4 is 17.2 Å². The van der Waals surface area contributed by atoms with Crippen LogP contribution in [0, 0.1) is 13.8 Å². The van der Waals surface area contributed by atoms with Crippen molar-refractivity contribution < 1.29 is 14.3 Å². The number of carbonyl (C=O) groups excluding carboxylic acids is 1. The Morgan fingerprint density at radius 1 is 0.969 bits per heavy atom. The Morgan fingerprint density at radius 3 is 2.62 bits per heavy atom. The van der Waals surface area contributed by atoms with Crippen LogP contribution >= 0.6 is 0 Å². The first-order valence-corrected chi connectivity index (χ1v) is 10.2. The number of benzene rings is 2. The number of rotatable bonds is 7. The summed E-state index contributed by atoms with van der Waals surface area (Å²) in [6.45, 7) is 3.98. The average Bonchev–Trinajstić information content (AvgIpc) is 2.79. The lowest BCUT2D eigenvalue weighted by molar-refractivity contribution is -0.118. The minimum absolute atomic E-state index is 0.0899. The maximum Gasteiger partial charge on any atom is 0.262 e. The molecule has 1 amide bonds. The minimum atomic E-state index is -0.304. The van der Waals surface area contributed by atoms with Gasteiger partial charge in [0, 0.05) is 12.3 Å². The second-order valence-corrected chi connectivity index (χ2v) is 7.38. The first kappa shape index (κ1) is 21.1. The van der Waals surface area contributed by atoms with Crippen LogP contribution in [0.2, 0.25) is 0 Å². The van der Waals surface area contributed by atoms with Crippen molar-refractivity contribution in [2.75, 3.05) is 11.9 Å². The van der Waals surface area contributed by atoms with Gasteiger partial charge in [-0.2, -0.15) is 0 Å². The molecule has 7 nitrogen and oxygen atoms in total. The summed E-state index contributed by atoms with van der Waals surface area (Å²) in [5, 5.41) is 2.81. The lowest BCUT2D eigenvalue weighted by atomic mass is 10.1. The van der Waals surface area contributed by atoms with Crippen LogP contribution in [0.15, 0.2) is 77.7 Å². The zero-order chi connectivity index (χ0) is 22.5. The number of anilines is 1. The summed E-state index contributed by atoms with van der Waals surface area (Å²) in [7, 11) is 0. The smallest absolute Gasteiger partial charge is 0.262 e. The van der Waals surface area contributed by atoms with Crippen LogP contribution in [0.1, 0.15) is 16.8 Å². The van der Waals surface area contributed by atoms with Crippen LogP contribution in [0.4, 0.5) is 5.69 Å². The number of para-hydroxylation sites is 2. The van der Waals surface area contributed by atoms with E-state index in [1.165, 1.54) is 10.5 Å². The maximum atomic E-state index is 12.4. The number of pyridine rings is 1. The summed E-state index contributed by atoms with van der Waals surface area (Å²) in [5.74, 6) is 0.810. The second kappa shape index (κ2) is 9.34. The Morgan fingerprint density at radius 2 is 1.78 bits per heavy atom. The molecule has 0 saturated heterocycles. The fraction of sp³-hybridized carbons (Fsp3) is 0.160. The van der Waals surface area contributed by atoms with Crippen LogP contribution in [-0.2, 0) is 11.4 Å². The number of nitrogens with one attached hydrogen (secondary N) is 1. The van der Waals surface area contributed by atoms with Gasteiger partial charge in [0.05, 0.1) is 11.4 Å². The van der Waals surface area contributed by atoms with E-state index in [9.17, 15) is 9.59 Å². The Labute approximate surface area is 185 Å². The van der Waals surface area contributed by atoms with Gasteiger partial charge in [-0.3, -0.25) is 14.0 Å². The van der Waals surface area contributed by atoms with Gasteiger partial charge >= 0.3 is 0 Å². The van der Waals surface area contributed by atoms with Crippen LogP contribution in [0.5, 0.6) is 11.5 Å². The van der Waals surface area contributed by atoms with E-state index in [0.29, 0.717) is 28.5 Å². The number of carbonyl (C=O) groups is 1. The summed E-state index contributed by atoms with van der Waals surface area (Å²) in [6.07, 6.45) is 1.67. The molecule has 2 aromatic carbocycles. The summed E-state index contributed by atoms with van der Waals surface area (Å²) in [4.78, 5) is 29.1. The zero-order valence-electron chi connectivity index (χ0n) is 17.9. The fourth-order valence-corrected chi connectivity index (χ4v) is 3.16. The van der Waals surface area contributed by atoms with Gasteiger partial charge in [-0.05, 0) is 61.4 Å². The molecule has 0 aliphatic heterocycles. The molecule has 4 aromatic rings. The number of amides is 1. The predicted molar refractivity (Wildman–Crippen MR) is 122 cm³/mol. The van der Waals surface area contributed by atoms with Gasteiger partial charge in [0.2, 0.25) is 0 Å². The average molecular weight is 429 g/mol. The maximum absolute atomic E-state index is 12.4. The van der Waals surface area contributed by atoms with E-state index in [1.807, 2.05) is 38.1 Å². The standard InChI is InChI=1S/C25H23N3O4/c1-17-10-11-20(13-18(17)2)31-16-24(29)27-21-7-3-4-8-22(21)32-15-19-14-25(30)28-12-6-5-9-23(28)26-19/h3-14H,15-16H2,1-2H3,(H,27,29). The van der Waals surface area contributed by atoms with Gasteiger partial charge in [0.25, 0.3) is 11.5 Å². The predicted octanol–water partition coefficient (Wildman–Crippen LogP) is 3.91. The highest BCUT2D eigenvalue weighted by atomic mass is 16.5. The van der Waals surface area contributed by atoms with E-state index in [4.69, 9.17) is 9.47 Å². The number of fused-ring (bicyclic) bond motifs is 1. The van der Waals surface area contributed by atoms with Gasteiger partial charge in [-0.1, -0.05) is 24.3 Å². The molecule has 0 unspecified atom stereocenters. The Bertz CT molecular complexity index is 1330. The lowest BCUT2D eigenvalue weighted by Gasteiger charge is -2.13. The van der Waals surface area contributed by atoms with Gasteiger partial charge in [-0.15, -0.1) is 0 Å². The third-order valence-corrected chi connectivity index (χ3v) is 5.01. The largest absolute Gasteiger partial charge is 0.485 e. The number of aromatic nitrogens is 2. The minimum Gasteiger partial charge on any atom is -0.485 e. The summed E-state index contributed by atoms with van der Waals surface area (Å²) >= 11 is 0. The molecule has 0 atom stereocenters. The molecule has 0 spiro atoms. The van der Waals surface area contributed by atoms with Gasteiger partial charge in [-0.25, -0.2) is 4.98 Å². The van der Waals surface area contributed by atoms with Gasteiger partial charge in [0.15, 0.2) is 6.61 Å². The van der Waals surface area contributed by atoms with Crippen molar-refractivity contribution in [1.29, 1.82) is 0 Å². The lowest BCUT2D eigenvalue weighted by Crippen LogP contribution is -2.20.